The summed E-state index contributed by atoms with van der Waals surface area (Å²) in [6.07, 6.45) is 8.93. The number of nitrogens with zero attached hydrogens (tertiary/aromatic N) is 3. The van der Waals surface area contributed by atoms with Gasteiger partial charge in [0.15, 0.2) is 0 Å². The first kappa shape index (κ1) is 15.9. The van der Waals surface area contributed by atoms with Gasteiger partial charge in [0.1, 0.15) is 10.8 Å². The molecule has 0 bridgehead atoms. The van der Waals surface area contributed by atoms with E-state index in [4.69, 9.17) is 4.98 Å². The van der Waals surface area contributed by atoms with Gasteiger partial charge in [0, 0.05) is 30.9 Å². The lowest BCUT2D eigenvalue weighted by molar-refractivity contribution is 0.210. The summed E-state index contributed by atoms with van der Waals surface area (Å²) < 4.78 is 0. The average molecular weight is 340 g/mol. The molecule has 1 N–H and O–H groups in total. The predicted octanol–water partition coefficient (Wildman–Crippen LogP) is 3.81. The van der Waals surface area contributed by atoms with Crippen molar-refractivity contribution >= 4 is 17.6 Å². The van der Waals surface area contributed by atoms with Crippen LogP contribution < -0.4 is 5.32 Å². The number of benzene rings is 1. The van der Waals surface area contributed by atoms with Gasteiger partial charge in [-0.15, -0.1) is 11.8 Å². The molecule has 0 unspecified atom stereocenters. The molecule has 2 fully saturated rings. The van der Waals surface area contributed by atoms with Crippen LogP contribution in [0.1, 0.15) is 31.2 Å². The Hall–Kier alpha value is -1.59. The summed E-state index contributed by atoms with van der Waals surface area (Å²) in [5.41, 5.74) is 1.31. The molecule has 1 saturated carbocycles. The second kappa shape index (κ2) is 7.53. The fraction of sp³-hybridized carbons (Fsp3) is 0.474. The Morgan fingerprint density at radius 2 is 1.83 bits per heavy atom. The van der Waals surface area contributed by atoms with Gasteiger partial charge >= 0.3 is 0 Å². The van der Waals surface area contributed by atoms with Crippen molar-refractivity contribution in [1.29, 1.82) is 0 Å². The van der Waals surface area contributed by atoms with E-state index in [0.29, 0.717) is 6.04 Å². The first-order chi connectivity index (χ1) is 11.9. The lowest BCUT2D eigenvalue weighted by Gasteiger charge is -2.32. The highest BCUT2D eigenvalue weighted by Crippen LogP contribution is 2.30. The lowest BCUT2D eigenvalue weighted by Crippen LogP contribution is -2.40. The van der Waals surface area contributed by atoms with Crippen molar-refractivity contribution in [3.05, 3.63) is 48.3 Å². The number of anilines is 1. The molecule has 1 aromatic carbocycles. The zero-order valence-corrected chi connectivity index (χ0v) is 14.7. The maximum absolute atomic E-state index is 4.72. The minimum absolute atomic E-state index is 0.531. The summed E-state index contributed by atoms with van der Waals surface area (Å²) in [5, 5.41) is 4.57. The molecule has 4 nitrogen and oxygen atoms in total. The largest absolute Gasteiger partial charge is 0.366 e. The molecule has 0 atom stereocenters. The molecule has 5 heteroatoms. The maximum atomic E-state index is 4.72. The molecular weight excluding hydrogens is 316 g/mol. The van der Waals surface area contributed by atoms with Crippen LogP contribution in [0, 0.1) is 0 Å². The van der Waals surface area contributed by atoms with Gasteiger partial charge in [-0.1, -0.05) is 30.3 Å². The van der Waals surface area contributed by atoms with Gasteiger partial charge in [-0.2, -0.15) is 0 Å². The highest BCUT2D eigenvalue weighted by atomic mass is 32.2. The van der Waals surface area contributed by atoms with E-state index in [0.717, 1.165) is 22.6 Å². The summed E-state index contributed by atoms with van der Waals surface area (Å²) in [4.78, 5) is 11.7. The molecule has 24 heavy (non-hydrogen) atoms. The minimum Gasteiger partial charge on any atom is -0.366 e. The molecule has 0 spiro atoms. The third-order valence-corrected chi connectivity index (χ3v) is 5.76. The van der Waals surface area contributed by atoms with Crippen LogP contribution in [-0.4, -0.2) is 40.0 Å². The van der Waals surface area contributed by atoms with Gasteiger partial charge in [0.2, 0.25) is 0 Å². The lowest BCUT2D eigenvalue weighted by atomic mass is 10.1. The molecule has 2 heterocycles. The smallest absolute Gasteiger partial charge is 0.146 e. The van der Waals surface area contributed by atoms with Gasteiger partial charge in [-0.05, 0) is 31.2 Å². The van der Waals surface area contributed by atoms with E-state index >= 15 is 0 Å². The molecule has 1 aromatic heterocycles. The van der Waals surface area contributed by atoms with Crippen LogP contribution >= 0.6 is 11.8 Å². The number of nitrogens with one attached hydrogen (secondary N) is 1. The third-order valence-electron chi connectivity index (χ3n) is 4.79. The van der Waals surface area contributed by atoms with Gasteiger partial charge in [0.25, 0.3) is 0 Å². The zero-order valence-electron chi connectivity index (χ0n) is 13.9. The van der Waals surface area contributed by atoms with Gasteiger partial charge in [-0.25, -0.2) is 4.98 Å². The molecule has 1 saturated heterocycles. The Morgan fingerprint density at radius 1 is 1.04 bits per heavy atom. The van der Waals surface area contributed by atoms with Crippen LogP contribution in [0.2, 0.25) is 0 Å². The summed E-state index contributed by atoms with van der Waals surface area (Å²) >= 11 is 1.74. The SMILES string of the molecule is c1ccc(CSc2cncc(NC3CCN(C4CC4)CC3)n2)cc1. The van der Waals surface area contributed by atoms with E-state index in [1.807, 2.05) is 18.5 Å². The van der Waals surface area contributed by atoms with E-state index in [2.05, 4.69) is 39.5 Å². The molecule has 2 aromatic rings. The van der Waals surface area contributed by atoms with Crippen LogP contribution in [-0.2, 0) is 5.75 Å². The Balaban J connectivity index is 1.29. The van der Waals surface area contributed by atoms with Crippen molar-refractivity contribution in [1.82, 2.24) is 14.9 Å². The van der Waals surface area contributed by atoms with Crippen molar-refractivity contribution < 1.29 is 0 Å². The van der Waals surface area contributed by atoms with E-state index in [9.17, 15) is 0 Å². The van der Waals surface area contributed by atoms with Crippen molar-refractivity contribution in [2.45, 2.75) is 48.5 Å². The summed E-state index contributed by atoms with van der Waals surface area (Å²) in [6.45, 7) is 2.44. The first-order valence-corrected chi connectivity index (χ1v) is 9.85. The Labute approximate surface area is 148 Å². The second-order valence-corrected chi connectivity index (χ2v) is 7.70. The monoisotopic (exact) mass is 340 g/mol. The third kappa shape index (κ3) is 4.28. The summed E-state index contributed by atoms with van der Waals surface area (Å²) in [6, 6.07) is 11.9. The predicted molar refractivity (Wildman–Crippen MR) is 99.3 cm³/mol. The topological polar surface area (TPSA) is 41.1 Å². The highest BCUT2D eigenvalue weighted by Gasteiger charge is 2.31. The van der Waals surface area contributed by atoms with Gasteiger partial charge < -0.3 is 10.2 Å². The minimum atomic E-state index is 0.531. The molecule has 4 rings (SSSR count). The number of piperidine rings is 1. The number of aromatic nitrogens is 2. The molecule has 1 aliphatic carbocycles. The van der Waals surface area contributed by atoms with E-state index in [-0.39, 0.29) is 0 Å². The van der Waals surface area contributed by atoms with Gasteiger partial charge in [0.05, 0.1) is 12.4 Å². The summed E-state index contributed by atoms with van der Waals surface area (Å²) in [7, 11) is 0. The number of likely N-dealkylation sites (tertiary alicyclic amines) is 1. The van der Waals surface area contributed by atoms with Gasteiger partial charge in [-0.3, -0.25) is 4.98 Å². The standard InChI is InChI=1S/C19H24N4S/c1-2-4-15(5-3-1)14-24-19-13-20-12-18(22-19)21-16-8-10-23(11-9-16)17-6-7-17/h1-5,12-13,16-17H,6-11,14H2,(H,21,22). The highest BCUT2D eigenvalue weighted by molar-refractivity contribution is 7.98. The van der Waals surface area contributed by atoms with Crippen LogP contribution in [0.15, 0.2) is 47.8 Å². The number of thioether (sulfide) groups is 1. The van der Waals surface area contributed by atoms with Crippen molar-refractivity contribution in [2.75, 3.05) is 18.4 Å². The van der Waals surface area contributed by atoms with Crippen LogP contribution in [0.25, 0.3) is 0 Å². The average Bonchev–Trinajstić information content (AvgIpc) is 3.47. The van der Waals surface area contributed by atoms with Crippen molar-refractivity contribution in [3.8, 4) is 0 Å². The quantitative estimate of drug-likeness (QED) is 0.810. The maximum Gasteiger partial charge on any atom is 0.146 e. The fourth-order valence-corrected chi connectivity index (χ4v) is 4.08. The number of hydrogen-bond donors (Lipinski definition) is 1. The number of rotatable bonds is 6. The Bertz CT molecular complexity index is 651. The molecular formula is C19H24N4S. The van der Waals surface area contributed by atoms with Crippen molar-refractivity contribution in [3.63, 3.8) is 0 Å². The normalized spacial score (nSPS) is 19.3. The van der Waals surface area contributed by atoms with Crippen LogP contribution in [0.4, 0.5) is 5.82 Å². The molecule has 0 radical (unpaired) electrons. The van der Waals surface area contributed by atoms with Crippen LogP contribution in [0.3, 0.4) is 0 Å². The van der Waals surface area contributed by atoms with Crippen LogP contribution in [0.5, 0.6) is 0 Å². The molecule has 1 aliphatic heterocycles. The number of hydrogen-bond acceptors (Lipinski definition) is 5. The van der Waals surface area contributed by atoms with E-state index in [1.165, 1.54) is 44.3 Å². The fourth-order valence-electron chi connectivity index (χ4n) is 3.28. The van der Waals surface area contributed by atoms with Crippen molar-refractivity contribution in [2.24, 2.45) is 0 Å². The summed E-state index contributed by atoms with van der Waals surface area (Å²) in [5.74, 6) is 1.84. The molecule has 2 aliphatic rings. The zero-order chi connectivity index (χ0) is 16.2. The second-order valence-electron chi connectivity index (χ2n) is 6.70. The molecule has 126 valence electrons. The Morgan fingerprint density at radius 3 is 2.58 bits per heavy atom. The first-order valence-electron chi connectivity index (χ1n) is 8.86. The molecule has 0 amide bonds. The Kier molecular flexibility index (Phi) is 4.99. The van der Waals surface area contributed by atoms with E-state index < -0.39 is 0 Å². The van der Waals surface area contributed by atoms with E-state index in [1.54, 1.807) is 11.8 Å².